The van der Waals surface area contributed by atoms with E-state index in [4.69, 9.17) is 32.7 Å². The Morgan fingerprint density at radius 1 is 1.09 bits per heavy atom. The molecule has 14 heteroatoms. The molecule has 2 bridgehead atoms. The van der Waals surface area contributed by atoms with Crippen molar-refractivity contribution in [2.75, 3.05) is 39.3 Å². The molecule has 5 atom stereocenters. The molecule has 46 heavy (non-hydrogen) atoms. The highest BCUT2D eigenvalue weighted by molar-refractivity contribution is 6.35. The Kier molecular flexibility index (Phi) is 7.77. The number of hydrogen-bond donors (Lipinski definition) is 0. The largest absolute Gasteiger partial charge is 0.450 e. The van der Waals surface area contributed by atoms with Crippen LogP contribution in [0.15, 0.2) is 48.6 Å². The highest BCUT2D eigenvalue weighted by Gasteiger charge is 2.68. The van der Waals surface area contributed by atoms with Gasteiger partial charge in [0, 0.05) is 41.8 Å². The van der Waals surface area contributed by atoms with Gasteiger partial charge in [0.2, 0.25) is 11.8 Å². The number of hydrogen-bond acceptors (Lipinski definition) is 8. The summed E-state index contributed by atoms with van der Waals surface area (Å²) in [6.07, 6.45) is 2.88. The van der Waals surface area contributed by atoms with Crippen LogP contribution in [0.1, 0.15) is 35.5 Å². The van der Waals surface area contributed by atoms with Crippen molar-refractivity contribution >= 4 is 41.1 Å². The zero-order valence-corrected chi connectivity index (χ0v) is 27.1. The fraction of sp³-hybridized carbons (Fsp3) is 0.438. The Hall–Kier alpha value is -4.00. The van der Waals surface area contributed by atoms with E-state index in [9.17, 15) is 14.4 Å². The zero-order chi connectivity index (χ0) is 32.3. The van der Waals surface area contributed by atoms with Crippen LogP contribution in [0.2, 0.25) is 10.0 Å². The number of ether oxygens (including phenoxy) is 2. The van der Waals surface area contributed by atoms with Crippen LogP contribution in [-0.2, 0) is 19.1 Å². The molecule has 12 nitrogen and oxygen atoms in total. The molecule has 3 fully saturated rings. The van der Waals surface area contributed by atoms with Gasteiger partial charge in [-0.2, -0.15) is 4.68 Å². The molecule has 0 aliphatic carbocycles. The van der Waals surface area contributed by atoms with E-state index in [0.717, 1.165) is 16.8 Å². The van der Waals surface area contributed by atoms with Crippen molar-refractivity contribution in [3.63, 3.8) is 0 Å². The van der Waals surface area contributed by atoms with Crippen LogP contribution >= 0.6 is 23.2 Å². The number of piperazine rings is 1. The van der Waals surface area contributed by atoms with Crippen LogP contribution in [-0.4, -0.2) is 104 Å². The van der Waals surface area contributed by atoms with Gasteiger partial charge in [-0.3, -0.25) is 9.59 Å². The molecule has 7 rings (SSSR count). The second-order valence-corrected chi connectivity index (χ2v) is 13.0. The van der Waals surface area contributed by atoms with Gasteiger partial charge in [0.15, 0.2) is 5.82 Å². The summed E-state index contributed by atoms with van der Waals surface area (Å²) in [5, 5.41) is 13.6. The lowest BCUT2D eigenvalue weighted by Crippen LogP contribution is -2.54. The lowest BCUT2D eigenvalue weighted by atomic mass is 9.76. The van der Waals surface area contributed by atoms with Gasteiger partial charge in [-0.25, -0.2) is 4.79 Å². The maximum Gasteiger partial charge on any atom is 0.409 e. The number of carbonyl (C=O) groups excluding carboxylic acids is 3. The smallest absolute Gasteiger partial charge is 0.409 e. The summed E-state index contributed by atoms with van der Waals surface area (Å²) in [6.45, 7) is 7.56. The van der Waals surface area contributed by atoms with Gasteiger partial charge in [-0.1, -0.05) is 59.6 Å². The predicted octanol–water partition coefficient (Wildman–Crippen LogP) is 3.76. The molecular formula is C32H33Cl2N7O5. The third-order valence-electron chi connectivity index (χ3n) is 9.49. The summed E-state index contributed by atoms with van der Waals surface area (Å²) < 4.78 is 13.3. The van der Waals surface area contributed by atoms with E-state index in [2.05, 4.69) is 15.5 Å². The van der Waals surface area contributed by atoms with E-state index in [1.807, 2.05) is 44.2 Å². The van der Waals surface area contributed by atoms with E-state index in [1.54, 1.807) is 44.5 Å². The number of carbonyl (C=O) groups is 3. The third-order valence-corrected chi connectivity index (χ3v) is 10.1. The Morgan fingerprint density at radius 3 is 2.50 bits per heavy atom. The van der Waals surface area contributed by atoms with Crippen LogP contribution in [0.4, 0.5) is 4.79 Å². The number of halogens is 2. The zero-order valence-electron chi connectivity index (χ0n) is 25.6. The predicted molar refractivity (Wildman–Crippen MR) is 168 cm³/mol. The van der Waals surface area contributed by atoms with Gasteiger partial charge < -0.3 is 24.2 Å². The number of rotatable bonds is 6. The first kappa shape index (κ1) is 30.6. The van der Waals surface area contributed by atoms with Crippen LogP contribution in [0.25, 0.3) is 5.69 Å². The summed E-state index contributed by atoms with van der Waals surface area (Å²) in [7, 11) is 0. The summed E-state index contributed by atoms with van der Waals surface area (Å²) in [5.74, 6) is -1.49. The van der Waals surface area contributed by atoms with Crippen molar-refractivity contribution in [3.8, 4) is 5.69 Å². The molecule has 0 unspecified atom stereocenters. The molecule has 0 saturated carbocycles. The van der Waals surface area contributed by atoms with Gasteiger partial charge in [-0.15, -0.1) is 5.10 Å². The molecule has 1 spiro atoms. The van der Waals surface area contributed by atoms with Crippen molar-refractivity contribution in [1.82, 2.24) is 34.9 Å². The molecule has 240 valence electrons. The Labute approximate surface area is 275 Å². The molecule has 1 aromatic heterocycles. The van der Waals surface area contributed by atoms with Crippen molar-refractivity contribution in [1.29, 1.82) is 0 Å². The first-order chi connectivity index (χ1) is 22.1. The minimum absolute atomic E-state index is 0.165. The average Bonchev–Trinajstić information content (AvgIpc) is 3.80. The number of fused-ring (bicyclic) bond motifs is 1. The topological polar surface area (TPSA) is 123 Å². The number of aryl methyl sites for hydroxylation is 2. The third kappa shape index (κ3) is 4.85. The summed E-state index contributed by atoms with van der Waals surface area (Å²) >= 11 is 13.1. The average molecular weight is 667 g/mol. The number of benzene rings is 2. The lowest BCUT2D eigenvalue weighted by Gasteiger charge is -2.37. The minimum atomic E-state index is -0.997. The Balaban J connectivity index is 1.24. The number of amides is 3. The number of para-hydroxylation sites is 1. The fourth-order valence-electron chi connectivity index (χ4n) is 7.40. The number of aromatic nitrogens is 4. The normalized spacial score (nSPS) is 25.7. The van der Waals surface area contributed by atoms with Gasteiger partial charge in [-0.05, 0) is 54.5 Å². The maximum atomic E-state index is 14.7. The second kappa shape index (κ2) is 11.7. The molecule has 3 amide bonds. The fourth-order valence-corrected chi connectivity index (χ4v) is 7.91. The molecule has 3 saturated heterocycles. The molecule has 0 radical (unpaired) electrons. The first-order valence-corrected chi connectivity index (χ1v) is 16.1. The van der Waals surface area contributed by atoms with Gasteiger partial charge in [0.05, 0.1) is 36.8 Å². The maximum absolute atomic E-state index is 14.7. The Morgan fingerprint density at radius 2 is 1.80 bits per heavy atom. The molecule has 0 N–H and O–H groups in total. The van der Waals surface area contributed by atoms with E-state index in [0.29, 0.717) is 47.6 Å². The molecule has 3 aromatic rings. The summed E-state index contributed by atoms with van der Waals surface area (Å²) in [4.78, 5) is 46.0. The molecule has 4 aliphatic rings. The van der Waals surface area contributed by atoms with E-state index >= 15 is 0 Å². The molecule has 4 aliphatic heterocycles. The summed E-state index contributed by atoms with van der Waals surface area (Å²) in [6, 6.07) is 10.2. The van der Waals surface area contributed by atoms with Gasteiger partial charge in [0.1, 0.15) is 11.6 Å². The Bertz CT molecular complexity index is 1740. The number of nitrogens with zero attached hydrogens (tertiary/aromatic N) is 7. The van der Waals surface area contributed by atoms with Crippen molar-refractivity contribution in [3.05, 3.63) is 81.1 Å². The van der Waals surface area contributed by atoms with Crippen LogP contribution in [0.3, 0.4) is 0 Å². The first-order valence-electron chi connectivity index (χ1n) is 15.3. The van der Waals surface area contributed by atoms with Crippen LogP contribution < -0.4 is 0 Å². The summed E-state index contributed by atoms with van der Waals surface area (Å²) in [5.41, 5.74) is 2.31. The van der Waals surface area contributed by atoms with E-state index < -0.39 is 35.7 Å². The monoisotopic (exact) mass is 665 g/mol. The van der Waals surface area contributed by atoms with E-state index in [1.165, 1.54) is 0 Å². The van der Waals surface area contributed by atoms with Crippen LogP contribution in [0.5, 0.6) is 0 Å². The highest BCUT2D eigenvalue weighted by Crippen LogP contribution is 2.54. The quantitative estimate of drug-likeness (QED) is 0.365. The number of tetrazole rings is 1. The standard InChI is InChI=1S/C32H33Cl2N7O5/c1-4-45-31(44)39-14-12-38(13-15-39)29(42)24-23-10-11-32(46-23)17-40(30(43)25(24)32)27(21-9-8-20(33)16-22(21)34)28-35-36-37-41(28)26-18(2)6-5-7-19(26)3/h5-11,16,23-25,27H,4,12-15,17H2,1-3H3/t23-,24+,25+,27+,32-/m1/s1. The highest BCUT2D eigenvalue weighted by atomic mass is 35.5. The van der Waals surface area contributed by atoms with Crippen molar-refractivity contribution < 1.29 is 23.9 Å². The van der Waals surface area contributed by atoms with Crippen LogP contribution in [0, 0.1) is 25.7 Å². The molecular weight excluding hydrogens is 633 g/mol. The molecule has 2 aromatic carbocycles. The minimum Gasteiger partial charge on any atom is -0.450 e. The van der Waals surface area contributed by atoms with E-state index in [-0.39, 0.29) is 25.0 Å². The van der Waals surface area contributed by atoms with Gasteiger partial charge in [0.25, 0.3) is 0 Å². The molecule has 5 heterocycles. The SMILES string of the molecule is CCOC(=O)N1CCN(C(=O)[C@@H]2[C@H]3C(=O)N([C@@H](c4ccc(Cl)cc4Cl)c4nnnn4-c4c(C)cccc4C)C[C@]34C=C[C@H]2O4)CC1. The lowest BCUT2D eigenvalue weighted by molar-refractivity contribution is -0.144. The second-order valence-electron chi connectivity index (χ2n) is 12.1. The number of likely N-dealkylation sites (tertiary alicyclic amines) is 1. The van der Waals surface area contributed by atoms with Crippen molar-refractivity contribution in [2.45, 2.75) is 38.5 Å². The van der Waals surface area contributed by atoms with Gasteiger partial charge >= 0.3 is 6.09 Å². The van der Waals surface area contributed by atoms with Crippen molar-refractivity contribution in [2.24, 2.45) is 11.8 Å².